The summed E-state index contributed by atoms with van der Waals surface area (Å²) in [7, 11) is 2.24. The summed E-state index contributed by atoms with van der Waals surface area (Å²) in [5.41, 5.74) is 0.869. The van der Waals surface area contributed by atoms with Crippen LogP contribution in [-0.2, 0) is 0 Å². The van der Waals surface area contributed by atoms with Gasteiger partial charge in [0.05, 0.1) is 5.56 Å². The van der Waals surface area contributed by atoms with E-state index in [0.29, 0.717) is 23.7 Å². The van der Waals surface area contributed by atoms with Crippen LogP contribution in [0.4, 0.5) is 0 Å². The Morgan fingerprint density at radius 3 is 2.76 bits per heavy atom. The van der Waals surface area contributed by atoms with Gasteiger partial charge in [-0.2, -0.15) is 0 Å². The van der Waals surface area contributed by atoms with Crippen molar-refractivity contribution in [1.82, 2.24) is 19.8 Å². The molecule has 2 aliphatic heterocycles. The number of aromatic nitrogens is 2. The summed E-state index contributed by atoms with van der Waals surface area (Å²) < 4.78 is 0. The molecule has 1 aromatic heterocycles. The molecule has 4 rings (SSSR count). The van der Waals surface area contributed by atoms with Gasteiger partial charge in [-0.15, -0.1) is 0 Å². The van der Waals surface area contributed by atoms with Crippen molar-refractivity contribution in [3.05, 3.63) is 24.3 Å². The van der Waals surface area contributed by atoms with E-state index >= 15 is 0 Å². The third-order valence-electron chi connectivity index (χ3n) is 6.07. The summed E-state index contributed by atoms with van der Waals surface area (Å²) in [4.78, 5) is 25.5. The fourth-order valence-corrected chi connectivity index (χ4v) is 5.09. The van der Waals surface area contributed by atoms with Crippen LogP contribution in [0.3, 0.4) is 0 Å². The van der Waals surface area contributed by atoms with Crippen molar-refractivity contribution in [3.8, 4) is 0 Å². The maximum absolute atomic E-state index is 12.9. The number of carbonyl (C=O) groups excluding carboxylic acids is 1. The van der Waals surface area contributed by atoms with Crippen LogP contribution in [0.15, 0.2) is 18.7 Å². The van der Waals surface area contributed by atoms with Crippen LogP contribution in [-0.4, -0.2) is 57.4 Å². The second-order valence-corrected chi connectivity index (χ2v) is 7.08. The third kappa shape index (κ3) is 1.76. The Morgan fingerprint density at radius 2 is 2.00 bits per heavy atom. The predicted octanol–water partition coefficient (Wildman–Crippen LogP) is 1.56. The highest BCUT2D eigenvalue weighted by Gasteiger charge is 2.59. The van der Waals surface area contributed by atoms with Crippen molar-refractivity contribution in [3.63, 3.8) is 0 Å². The Bertz CT molecular complexity index is 563. The number of amides is 1. The van der Waals surface area contributed by atoms with Crippen molar-refractivity contribution in [2.24, 2.45) is 5.41 Å². The lowest BCUT2D eigenvalue weighted by atomic mass is 9.65. The van der Waals surface area contributed by atoms with Gasteiger partial charge in [0.1, 0.15) is 6.33 Å². The molecule has 0 spiro atoms. The van der Waals surface area contributed by atoms with E-state index in [-0.39, 0.29) is 11.3 Å². The molecule has 1 saturated carbocycles. The molecular formula is C16H22N4O. The van der Waals surface area contributed by atoms with Crippen LogP contribution in [0.2, 0.25) is 0 Å². The van der Waals surface area contributed by atoms with Gasteiger partial charge >= 0.3 is 0 Å². The summed E-state index contributed by atoms with van der Waals surface area (Å²) in [5.74, 6) is 0.104. The minimum absolute atomic E-state index is 0.104. The van der Waals surface area contributed by atoms with Gasteiger partial charge in [0.15, 0.2) is 0 Å². The van der Waals surface area contributed by atoms with Gasteiger partial charge in [0.25, 0.3) is 5.91 Å². The second-order valence-electron chi connectivity index (χ2n) is 7.08. The van der Waals surface area contributed by atoms with Gasteiger partial charge in [-0.25, -0.2) is 9.97 Å². The lowest BCUT2D eigenvalue weighted by Gasteiger charge is -2.50. The van der Waals surface area contributed by atoms with E-state index in [1.54, 1.807) is 12.4 Å². The summed E-state index contributed by atoms with van der Waals surface area (Å²) in [6, 6.07) is 1.50. The molecule has 5 nitrogen and oxygen atoms in total. The molecule has 1 aromatic rings. The molecule has 3 heterocycles. The highest BCUT2D eigenvalue weighted by Crippen LogP contribution is 2.53. The Kier molecular flexibility index (Phi) is 2.83. The molecular weight excluding hydrogens is 264 g/mol. The molecule has 1 amide bonds. The lowest BCUT2D eigenvalue weighted by molar-refractivity contribution is 0.0116. The molecule has 0 aromatic carbocycles. The van der Waals surface area contributed by atoms with Crippen molar-refractivity contribution in [2.45, 2.75) is 50.7 Å². The minimum Gasteiger partial charge on any atom is -0.333 e. The molecule has 2 saturated heterocycles. The van der Waals surface area contributed by atoms with Crippen molar-refractivity contribution in [1.29, 1.82) is 0 Å². The van der Waals surface area contributed by atoms with E-state index in [2.05, 4.69) is 33.7 Å². The number of carbonyl (C=O) groups is 1. The Hall–Kier alpha value is -1.49. The largest absolute Gasteiger partial charge is 0.333 e. The fourth-order valence-electron chi connectivity index (χ4n) is 5.09. The molecule has 4 atom stereocenters. The van der Waals surface area contributed by atoms with Gasteiger partial charge in [0, 0.05) is 42.5 Å². The van der Waals surface area contributed by atoms with E-state index < -0.39 is 0 Å². The normalized spacial score (nSPS) is 38.6. The zero-order valence-corrected chi connectivity index (χ0v) is 12.7. The van der Waals surface area contributed by atoms with E-state index in [1.165, 1.54) is 25.6 Å². The fraction of sp³-hybridized carbons (Fsp3) is 0.688. The molecule has 1 aliphatic carbocycles. The topological polar surface area (TPSA) is 49.3 Å². The van der Waals surface area contributed by atoms with Crippen LogP contribution in [0.25, 0.3) is 0 Å². The number of hydrogen-bond donors (Lipinski definition) is 0. The van der Waals surface area contributed by atoms with Crippen LogP contribution in [0, 0.1) is 5.41 Å². The molecule has 5 heteroatoms. The number of rotatable bonds is 1. The Labute approximate surface area is 125 Å². The van der Waals surface area contributed by atoms with Gasteiger partial charge in [-0.05, 0) is 32.7 Å². The van der Waals surface area contributed by atoms with E-state index in [9.17, 15) is 4.79 Å². The molecule has 2 bridgehead atoms. The average Bonchev–Trinajstić information content (AvgIpc) is 2.76. The predicted molar refractivity (Wildman–Crippen MR) is 78.8 cm³/mol. The standard InChI is InChI=1S/C16H22N4O/c1-16-6-12-9-20(15(21)11-7-17-10-18-8-11)14(16)5-3-4-13(16)19(12)2/h7-8,10,12-14H,3-6,9H2,1-2H3/t12-,13-,14+,16-/m0/s1. The van der Waals surface area contributed by atoms with Crippen molar-refractivity contribution >= 4 is 5.91 Å². The maximum atomic E-state index is 12.9. The first-order valence-electron chi connectivity index (χ1n) is 7.89. The van der Waals surface area contributed by atoms with Crippen LogP contribution in [0.5, 0.6) is 0 Å². The SMILES string of the molecule is CN1[C@@H]2CN(C(=O)c3cncnc3)[C@@H]3CCC[C@H]1[C@]3(C)C2. The monoisotopic (exact) mass is 286 g/mol. The van der Waals surface area contributed by atoms with Crippen molar-refractivity contribution in [2.75, 3.05) is 13.6 Å². The first-order valence-corrected chi connectivity index (χ1v) is 7.89. The zero-order chi connectivity index (χ0) is 14.6. The van der Waals surface area contributed by atoms with Gasteiger partial charge < -0.3 is 4.90 Å². The summed E-state index contributed by atoms with van der Waals surface area (Å²) >= 11 is 0. The van der Waals surface area contributed by atoms with Crippen LogP contribution < -0.4 is 0 Å². The van der Waals surface area contributed by atoms with E-state index in [1.807, 2.05) is 0 Å². The smallest absolute Gasteiger partial charge is 0.257 e. The van der Waals surface area contributed by atoms with Gasteiger partial charge in [-0.3, -0.25) is 9.69 Å². The van der Waals surface area contributed by atoms with Crippen LogP contribution in [0.1, 0.15) is 43.0 Å². The third-order valence-corrected chi connectivity index (χ3v) is 6.07. The summed E-state index contributed by atoms with van der Waals surface area (Å²) in [6.07, 6.45) is 9.60. The van der Waals surface area contributed by atoms with Crippen molar-refractivity contribution < 1.29 is 4.79 Å². The summed E-state index contributed by atoms with van der Waals surface area (Å²) in [6.45, 7) is 3.24. The first-order chi connectivity index (χ1) is 10.1. The number of hydrogen-bond acceptors (Lipinski definition) is 4. The molecule has 0 unspecified atom stereocenters. The Balaban J connectivity index is 1.70. The van der Waals surface area contributed by atoms with E-state index in [0.717, 1.165) is 13.0 Å². The molecule has 3 fully saturated rings. The zero-order valence-electron chi connectivity index (χ0n) is 12.7. The lowest BCUT2D eigenvalue weighted by Crippen LogP contribution is -2.57. The van der Waals surface area contributed by atoms with E-state index in [4.69, 9.17) is 0 Å². The second kappa shape index (κ2) is 4.50. The highest BCUT2D eigenvalue weighted by atomic mass is 16.2. The minimum atomic E-state index is 0.104. The molecule has 3 aliphatic rings. The molecule has 0 N–H and O–H groups in total. The number of likely N-dealkylation sites (tertiary alicyclic amines) is 2. The van der Waals surface area contributed by atoms with Gasteiger partial charge in [0.2, 0.25) is 0 Å². The molecule has 21 heavy (non-hydrogen) atoms. The summed E-state index contributed by atoms with van der Waals surface area (Å²) in [5, 5.41) is 0. The molecule has 0 radical (unpaired) electrons. The van der Waals surface area contributed by atoms with Gasteiger partial charge in [-0.1, -0.05) is 6.92 Å². The average molecular weight is 286 g/mol. The quantitative estimate of drug-likeness (QED) is 0.786. The number of piperidine rings is 1. The molecule has 112 valence electrons. The van der Waals surface area contributed by atoms with Crippen LogP contribution >= 0.6 is 0 Å². The first kappa shape index (κ1) is 13.2. The number of fused-ring (bicyclic) bond motifs is 1. The Morgan fingerprint density at radius 1 is 1.29 bits per heavy atom. The number of nitrogens with zero attached hydrogens (tertiary/aromatic N) is 4. The number of likely N-dealkylation sites (N-methyl/N-ethyl adjacent to an activating group) is 1. The maximum Gasteiger partial charge on any atom is 0.257 e. The highest BCUT2D eigenvalue weighted by molar-refractivity contribution is 5.94.